The second-order valence-corrected chi connectivity index (χ2v) is 9.35. The number of aromatic nitrogens is 4. The van der Waals surface area contributed by atoms with Crippen molar-refractivity contribution in [3.05, 3.63) is 30.1 Å². The topological polar surface area (TPSA) is 91.0 Å². The molecule has 1 saturated carbocycles. The van der Waals surface area contributed by atoms with E-state index >= 15 is 0 Å². The highest BCUT2D eigenvalue weighted by Gasteiger charge is 2.46. The lowest BCUT2D eigenvalue weighted by atomic mass is 9.98. The normalized spacial score (nSPS) is 27.0. The van der Waals surface area contributed by atoms with E-state index in [1.165, 1.54) is 0 Å². The molecule has 3 aromatic heterocycles. The van der Waals surface area contributed by atoms with Gasteiger partial charge in [0, 0.05) is 55.1 Å². The first-order chi connectivity index (χ1) is 16.4. The highest BCUT2D eigenvalue weighted by molar-refractivity contribution is 5.94. The summed E-state index contributed by atoms with van der Waals surface area (Å²) in [5.74, 6) is 1.92. The van der Waals surface area contributed by atoms with Crippen molar-refractivity contribution in [3.63, 3.8) is 0 Å². The number of pyridine rings is 1. The van der Waals surface area contributed by atoms with Crippen LogP contribution in [0, 0.1) is 11.8 Å². The molecule has 3 aliphatic rings. The van der Waals surface area contributed by atoms with Crippen LogP contribution >= 0.6 is 0 Å². The van der Waals surface area contributed by atoms with E-state index in [0.29, 0.717) is 47.7 Å². The highest BCUT2D eigenvalue weighted by atomic mass is 19.4. The third-order valence-electron chi connectivity index (χ3n) is 7.47. The molecule has 0 spiro atoms. The Morgan fingerprint density at radius 1 is 1.18 bits per heavy atom. The quantitative estimate of drug-likeness (QED) is 0.536. The van der Waals surface area contributed by atoms with Gasteiger partial charge in [-0.2, -0.15) is 13.2 Å². The van der Waals surface area contributed by atoms with Gasteiger partial charge in [0.15, 0.2) is 0 Å². The van der Waals surface area contributed by atoms with Gasteiger partial charge in [0.2, 0.25) is 5.95 Å². The predicted octanol–water partition coefficient (Wildman–Crippen LogP) is 3.28. The van der Waals surface area contributed by atoms with Gasteiger partial charge in [-0.15, -0.1) is 0 Å². The molecular formula is C23H26F3N7O. The molecule has 0 amide bonds. The van der Waals surface area contributed by atoms with Crippen LogP contribution in [0.15, 0.2) is 24.5 Å². The molecular weight excluding hydrogens is 447 g/mol. The second-order valence-electron chi connectivity index (χ2n) is 9.35. The van der Waals surface area contributed by atoms with Gasteiger partial charge < -0.3 is 25.3 Å². The van der Waals surface area contributed by atoms with Crippen LogP contribution in [0.25, 0.3) is 22.3 Å². The molecule has 1 aliphatic carbocycles. The van der Waals surface area contributed by atoms with Crippen molar-refractivity contribution >= 4 is 22.8 Å². The van der Waals surface area contributed by atoms with Crippen LogP contribution in [0.3, 0.4) is 0 Å². The van der Waals surface area contributed by atoms with Gasteiger partial charge >= 0.3 is 6.18 Å². The van der Waals surface area contributed by atoms with Gasteiger partial charge in [-0.25, -0.2) is 15.0 Å². The van der Waals surface area contributed by atoms with E-state index in [4.69, 9.17) is 4.74 Å². The fourth-order valence-corrected chi connectivity index (χ4v) is 5.57. The molecule has 34 heavy (non-hydrogen) atoms. The summed E-state index contributed by atoms with van der Waals surface area (Å²) in [6.07, 6.45) is -1.24. The number of H-pyrrole nitrogens is 1. The lowest BCUT2D eigenvalue weighted by Gasteiger charge is -2.27. The van der Waals surface area contributed by atoms with Crippen molar-refractivity contribution < 1.29 is 17.9 Å². The number of ether oxygens (including phenoxy) is 1. The predicted molar refractivity (Wildman–Crippen MR) is 122 cm³/mol. The van der Waals surface area contributed by atoms with Gasteiger partial charge in [0.25, 0.3) is 0 Å². The number of alkyl halides is 3. The first kappa shape index (κ1) is 21.6. The van der Waals surface area contributed by atoms with Gasteiger partial charge in [-0.3, -0.25) is 0 Å². The summed E-state index contributed by atoms with van der Waals surface area (Å²) < 4.78 is 47.1. The molecule has 11 heteroatoms. The molecule has 3 fully saturated rings. The Balaban J connectivity index is 1.36. The largest absolute Gasteiger partial charge is 0.419 e. The van der Waals surface area contributed by atoms with E-state index in [2.05, 4.69) is 42.4 Å². The minimum atomic E-state index is -4.58. The van der Waals surface area contributed by atoms with Crippen LogP contribution in [0.2, 0.25) is 0 Å². The Labute approximate surface area is 194 Å². The molecule has 4 atom stereocenters. The van der Waals surface area contributed by atoms with Crippen LogP contribution in [-0.4, -0.2) is 64.9 Å². The third-order valence-corrected chi connectivity index (χ3v) is 7.47. The number of piperidine rings is 1. The number of hydrogen-bond donors (Lipinski definition) is 3. The summed E-state index contributed by atoms with van der Waals surface area (Å²) in [4.78, 5) is 18.2. The monoisotopic (exact) mass is 473 g/mol. The number of fused-ring (bicyclic) bond motifs is 3. The van der Waals surface area contributed by atoms with Gasteiger partial charge in [0.1, 0.15) is 17.0 Å². The van der Waals surface area contributed by atoms with E-state index in [1.807, 2.05) is 6.07 Å². The zero-order chi connectivity index (χ0) is 23.4. The number of hydrogen-bond acceptors (Lipinski definition) is 7. The number of nitrogens with zero attached hydrogens (tertiary/aromatic N) is 4. The molecule has 6 rings (SSSR count). The molecule has 5 heterocycles. The lowest BCUT2D eigenvalue weighted by molar-refractivity contribution is -0.137. The summed E-state index contributed by atoms with van der Waals surface area (Å²) in [6.45, 7) is 5.80. The van der Waals surface area contributed by atoms with Crippen molar-refractivity contribution in [3.8, 4) is 11.3 Å². The van der Waals surface area contributed by atoms with E-state index < -0.39 is 11.7 Å². The molecule has 0 aromatic carbocycles. The van der Waals surface area contributed by atoms with Gasteiger partial charge in [0.05, 0.1) is 18.9 Å². The van der Waals surface area contributed by atoms with E-state index in [1.54, 1.807) is 12.3 Å². The zero-order valence-electron chi connectivity index (χ0n) is 18.7. The number of rotatable bonds is 4. The molecule has 2 bridgehead atoms. The van der Waals surface area contributed by atoms with Crippen LogP contribution < -0.4 is 15.5 Å². The van der Waals surface area contributed by atoms with Gasteiger partial charge in [-0.1, -0.05) is 6.92 Å². The Morgan fingerprint density at radius 2 is 2.00 bits per heavy atom. The number of halogens is 3. The molecule has 2 aliphatic heterocycles. The Morgan fingerprint density at radius 3 is 2.71 bits per heavy atom. The average molecular weight is 474 g/mol. The summed E-state index contributed by atoms with van der Waals surface area (Å²) >= 11 is 0. The van der Waals surface area contributed by atoms with Crippen LogP contribution in [0.1, 0.15) is 18.9 Å². The van der Waals surface area contributed by atoms with E-state index in [0.717, 1.165) is 38.1 Å². The lowest BCUT2D eigenvalue weighted by Crippen LogP contribution is -2.37. The Hall–Kier alpha value is -2.92. The maximum absolute atomic E-state index is 13.9. The maximum atomic E-state index is 13.9. The van der Waals surface area contributed by atoms with E-state index in [9.17, 15) is 13.2 Å². The average Bonchev–Trinajstić information content (AvgIpc) is 3.50. The summed E-state index contributed by atoms with van der Waals surface area (Å²) in [5.41, 5.74) is -0.129. The van der Waals surface area contributed by atoms with Crippen molar-refractivity contribution in [1.82, 2.24) is 25.3 Å². The molecule has 8 nitrogen and oxygen atoms in total. The molecule has 3 aromatic rings. The fraction of sp³-hybridized carbons (Fsp3) is 0.522. The summed E-state index contributed by atoms with van der Waals surface area (Å²) in [7, 11) is 0. The Bertz CT molecular complexity index is 1210. The standard InChI is InChI=1S/C23H26F3N7O/c1-12-14-9-27-17(12)8-18(14)30-22-29-11-16(23(24,25)26)20(32-22)15-10-28-21-13(15)2-3-19(31-21)33-4-6-34-7-5-33/h2-3,10-12,14,17-18,27H,4-9H2,1H3,(H,28,31)(H,29,30,32)/t12-,14-,17-,18?/m1/s1. The number of nitrogens with one attached hydrogen (secondary N) is 3. The van der Waals surface area contributed by atoms with Crippen molar-refractivity contribution in [2.24, 2.45) is 11.8 Å². The summed E-state index contributed by atoms with van der Waals surface area (Å²) in [6, 6.07) is 4.21. The second kappa shape index (κ2) is 8.09. The van der Waals surface area contributed by atoms with Gasteiger partial charge in [-0.05, 0) is 30.4 Å². The van der Waals surface area contributed by atoms with Crippen molar-refractivity contribution in [2.45, 2.75) is 31.6 Å². The minimum Gasteiger partial charge on any atom is -0.378 e. The highest BCUT2D eigenvalue weighted by Crippen LogP contribution is 2.41. The van der Waals surface area contributed by atoms with Crippen molar-refractivity contribution in [1.29, 1.82) is 0 Å². The van der Waals surface area contributed by atoms with Crippen molar-refractivity contribution in [2.75, 3.05) is 43.1 Å². The molecule has 1 unspecified atom stereocenters. The molecule has 2 saturated heterocycles. The molecule has 180 valence electrons. The van der Waals surface area contributed by atoms with E-state index in [-0.39, 0.29) is 17.7 Å². The molecule has 3 N–H and O–H groups in total. The van der Waals surface area contributed by atoms with Crippen LogP contribution in [0.4, 0.5) is 24.9 Å². The molecule has 0 radical (unpaired) electrons. The minimum absolute atomic E-state index is 0.145. The third kappa shape index (κ3) is 3.67. The zero-order valence-corrected chi connectivity index (χ0v) is 18.7. The number of anilines is 2. The number of morpholine rings is 1. The Kier molecular flexibility index (Phi) is 5.14. The summed E-state index contributed by atoms with van der Waals surface area (Å²) in [5, 5.41) is 7.38. The van der Waals surface area contributed by atoms with Crippen LogP contribution in [0.5, 0.6) is 0 Å². The smallest absolute Gasteiger partial charge is 0.378 e. The first-order valence-electron chi connectivity index (χ1n) is 11.6. The SMILES string of the molecule is C[C@H]1[C@H]2CC(Nc3ncc(C(F)(F)F)c(-c4c[nH]c5nc(N6CCOCC6)ccc45)n3)[C@@H]1CN2. The number of aromatic amines is 1. The maximum Gasteiger partial charge on any atom is 0.419 e. The first-order valence-corrected chi connectivity index (χ1v) is 11.6. The van der Waals surface area contributed by atoms with Crippen LogP contribution in [-0.2, 0) is 10.9 Å². The fourth-order valence-electron chi connectivity index (χ4n) is 5.57.